The van der Waals surface area contributed by atoms with E-state index in [0.29, 0.717) is 6.42 Å². The van der Waals surface area contributed by atoms with Crippen LogP contribution in [0.15, 0.2) is 0 Å². The van der Waals surface area contributed by atoms with E-state index in [2.05, 4.69) is 6.92 Å². The van der Waals surface area contributed by atoms with Gasteiger partial charge in [-0.15, -0.1) is 0 Å². The van der Waals surface area contributed by atoms with E-state index in [-0.39, 0.29) is 12.3 Å². The Labute approximate surface area is 139 Å². The Bertz CT molecular complexity index is 228. The zero-order chi connectivity index (χ0) is 16.3. The van der Waals surface area contributed by atoms with Crippen LogP contribution < -0.4 is 5.73 Å². The second-order valence-electron chi connectivity index (χ2n) is 6.80. The van der Waals surface area contributed by atoms with Crippen LogP contribution in [0.2, 0.25) is 0 Å². The average Bonchev–Trinajstić information content (AvgIpc) is 2.54. The third-order valence-electron chi connectivity index (χ3n) is 4.54. The number of Topliss-reactive ketones (excluding diaryl/α,β-unsaturated/α-hetero) is 1. The van der Waals surface area contributed by atoms with Gasteiger partial charge in [0.1, 0.15) is 5.78 Å². The SMILES string of the molecule is CCCCCCCCCCCCCCCCCCC(=O)CN. The normalized spacial score (nSPS) is 11.0. The Morgan fingerprint density at radius 2 is 0.909 bits per heavy atom. The lowest BCUT2D eigenvalue weighted by atomic mass is 10.0. The monoisotopic (exact) mass is 311 g/mol. The molecule has 0 aromatic rings. The first-order valence-corrected chi connectivity index (χ1v) is 10.0. The highest BCUT2D eigenvalue weighted by atomic mass is 16.1. The Balaban J connectivity index is 2.98. The summed E-state index contributed by atoms with van der Waals surface area (Å²) in [6.45, 7) is 2.50. The minimum absolute atomic E-state index is 0.213. The van der Waals surface area contributed by atoms with Crippen LogP contribution in [0.4, 0.5) is 0 Å². The number of nitrogens with two attached hydrogens (primary N) is 1. The predicted molar refractivity (Wildman–Crippen MR) is 98.2 cm³/mol. The van der Waals surface area contributed by atoms with E-state index < -0.39 is 0 Å². The third kappa shape index (κ3) is 17.7. The van der Waals surface area contributed by atoms with Crippen molar-refractivity contribution in [3.05, 3.63) is 0 Å². The highest BCUT2D eigenvalue weighted by Gasteiger charge is 1.98. The van der Waals surface area contributed by atoms with Gasteiger partial charge in [-0.3, -0.25) is 4.79 Å². The van der Waals surface area contributed by atoms with Crippen molar-refractivity contribution in [2.75, 3.05) is 6.54 Å². The van der Waals surface area contributed by atoms with Gasteiger partial charge in [-0.2, -0.15) is 0 Å². The summed E-state index contributed by atoms with van der Waals surface area (Å²) in [6, 6.07) is 0. The standard InChI is InChI=1S/C20H41NO/c1-2-3-4-5-6-7-8-9-10-11-12-13-14-15-16-17-18-20(22)19-21/h2-19,21H2,1H3. The molecule has 0 bridgehead atoms. The molecule has 0 saturated heterocycles. The van der Waals surface area contributed by atoms with Crippen molar-refractivity contribution in [2.24, 2.45) is 5.73 Å². The zero-order valence-electron chi connectivity index (χ0n) is 15.2. The summed E-state index contributed by atoms with van der Waals surface area (Å²) in [7, 11) is 0. The van der Waals surface area contributed by atoms with Crippen molar-refractivity contribution in [1.82, 2.24) is 0 Å². The molecule has 0 radical (unpaired) electrons. The molecule has 0 atom stereocenters. The number of carbonyl (C=O) groups excluding carboxylic acids is 1. The smallest absolute Gasteiger partial charge is 0.146 e. The molecular weight excluding hydrogens is 270 g/mol. The van der Waals surface area contributed by atoms with Crippen LogP contribution in [0.5, 0.6) is 0 Å². The van der Waals surface area contributed by atoms with E-state index in [1.165, 1.54) is 96.3 Å². The Hall–Kier alpha value is -0.370. The van der Waals surface area contributed by atoms with Crippen LogP contribution in [0.3, 0.4) is 0 Å². The fourth-order valence-corrected chi connectivity index (χ4v) is 2.97. The predicted octanol–water partition coefficient (Wildman–Crippen LogP) is 6.17. The quantitative estimate of drug-likeness (QED) is 0.308. The molecule has 0 amide bonds. The lowest BCUT2D eigenvalue weighted by molar-refractivity contribution is -0.117. The lowest BCUT2D eigenvalue weighted by Gasteiger charge is -2.03. The van der Waals surface area contributed by atoms with Gasteiger partial charge in [0.25, 0.3) is 0 Å². The fraction of sp³-hybridized carbons (Fsp3) is 0.950. The molecule has 132 valence electrons. The highest BCUT2D eigenvalue weighted by Crippen LogP contribution is 2.13. The second kappa shape index (κ2) is 18.7. The van der Waals surface area contributed by atoms with Gasteiger partial charge in [-0.1, -0.05) is 103 Å². The number of ketones is 1. The maximum Gasteiger partial charge on any atom is 0.146 e. The van der Waals surface area contributed by atoms with E-state index in [0.717, 1.165) is 6.42 Å². The first kappa shape index (κ1) is 21.6. The zero-order valence-corrected chi connectivity index (χ0v) is 15.2. The van der Waals surface area contributed by atoms with E-state index in [1.54, 1.807) is 0 Å². The summed E-state index contributed by atoms with van der Waals surface area (Å²) < 4.78 is 0. The van der Waals surface area contributed by atoms with Gasteiger partial charge in [0, 0.05) is 6.42 Å². The van der Waals surface area contributed by atoms with E-state index in [9.17, 15) is 4.79 Å². The molecule has 0 unspecified atom stereocenters. The molecule has 0 fully saturated rings. The topological polar surface area (TPSA) is 43.1 Å². The molecule has 0 rings (SSSR count). The molecule has 0 heterocycles. The van der Waals surface area contributed by atoms with Gasteiger partial charge < -0.3 is 5.73 Å². The molecule has 0 aliphatic rings. The van der Waals surface area contributed by atoms with Gasteiger partial charge in [-0.25, -0.2) is 0 Å². The van der Waals surface area contributed by atoms with Crippen molar-refractivity contribution in [3.63, 3.8) is 0 Å². The first-order chi connectivity index (χ1) is 10.8. The maximum atomic E-state index is 11.0. The largest absolute Gasteiger partial charge is 0.324 e. The summed E-state index contributed by atoms with van der Waals surface area (Å²) in [5.41, 5.74) is 5.29. The number of unbranched alkanes of at least 4 members (excludes halogenated alkanes) is 15. The van der Waals surface area contributed by atoms with Crippen molar-refractivity contribution in [3.8, 4) is 0 Å². The molecule has 0 aromatic carbocycles. The van der Waals surface area contributed by atoms with Crippen molar-refractivity contribution in [1.29, 1.82) is 0 Å². The number of hydrogen-bond donors (Lipinski definition) is 1. The number of rotatable bonds is 18. The number of hydrogen-bond acceptors (Lipinski definition) is 2. The minimum atomic E-state index is 0.213. The van der Waals surface area contributed by atoms with Crippen LogP contribution in [0.25, 0.3) is 0 Å². The lowest BCUT2D eigenvalue weighted by Crippen LogP contribution is -2.12. The summed E-state index contributed by atoms with van der Waals surface area (Å²) >= 11 is 0. The molecule has 0 spiro atoms. The molecule has 2 heteroatoms. The second-order valence-corrected chi connectivity index (χ2v) is 6.80. The van der Waals surface area contributed by atoms with Crippen molar-refractivity contribution < 1.29 is 4.79 Å². The van der Waals surface area contributed by atoms with Gasteiger partial charge in [-0.05, 0) is 6.42 Å². The molecule has 2 nitrogen and oxygen atoms in total. The van der Waals surface area contributed by atoms with Crippen LogP contribution in [-0.4, -0.2) is 12.3 Å². The van der Waals surface area contributed by atoms with Gasteiger partial charge in [0.05, 0.1) is 6.54 Å². The van der Waals surface area contributed by atoms with Crippen molar-refractivity contribution >= 4 is 5.78 Å². The average molecular weight is 312 g/mol. The highest BCUT2D eigenvalue weighted by molar-refractivity contribution is 5.80. The molecule has 0 aliphatic heterocycles. The molecule has 22 heavy (non-hydrogen) atoms. The van der Waals surface area contributed by atoms with E-state index in [1.807, 2.05) is 0 Å². The summed E-state index contributed by atoms with van der Waals surface area (Å²) in [6.07, 6.45) is 22.6. The third-order valence-corrected chi connectivity index (χ3v) is 4.54. The molecular formula is C20H41NO. The number of carbonyl (C=O) groups is 1. The Morgan fingerprint density at radius 1 is 0.591 bits per heavy atom. The molecule has 0 aliphatic carbocycles. The fourth-order valence-electron chi connectivity index (χ4n) is 2.97. The van der Waals surface area contributed by atoms with Crippen LogP contribution in [-0.2, 0) is 4.79 Å². The van der Waals surface area contributed by atoms with Crippen LogP contribution >= 0.6 is 0 Å². The summed E-state index contributed by atoms with van der Waals surface area (Å²) in [5, 5.41) is 0. The molecule has 0 saturated carbocycles. The minimum Gasteiger partial charge on any atom is -0.324 e. The van der Waals surface area contributed by atoms with Crippen LogP contribution in [0.1, 0.15) is 116 Å². The summed E-state index contributed by atoms with van der Waals surface area (Å²) in [4.78, 5) is 11.0. The van der Waals surface area contributed by atoms with Crippen LogP contribution in [0, 0.1) is 0 Å². The Kier molecular flexibility index (Phi) is 18.4. The van der Waals surface area contributed by atoms with Gasteiger partial charge >= 0.3 is 0 Å². The van der Waals surface area contributed by atoms with E-state index >= 15 is 0 Å². The Morgan fingerprint density at radius 3 is 1.23 bits per heavy atom. The van der Waals surface area contributed by atoms with Crippen molar-refractivity contribution in [2.45, 2.75) is 116 Å². The maximum absolute atomic E-state index is 11.0. The van der Waals surface area contributed by atoms with Gasteiger partial charge in [0.2, 0.25) is 0 Å². The van der Waals surface area contributed by atoms with E-state index in [4.69, 9.17) is 5.73 Å². The van der Waals surface area contributed by atoms with Gasteiger partial charge in [0.15, 0.2) is 0 Å². The summed E-state index contributed by atoms with van der Waals surface area (Å²) in [5.74, 6) is 0.213. The molecule has 2 N–H and O–H groups in total. The molecule has 0 aromatic heterocycles. The first-order valence-electron chi connectivity index (χ1n) is 10.0.